The molecule has 2 nitrogen and oxygen atoms in total. The summed E-state index contributed by atoms with van der Waals surface area (Å²) in [5, 5.41) is 4.35. The van der Waals surface area contributed by atoms with Crippen LogP contribution in [-0.2, 0) is 4.74 Å². The second-order valence-corrected chi connectivity index (χ2v) is 6.27. The number of benzene rings is 1. The fourth-order valence-corrected chi connectivity index (χ4v) is 3.40. The van der Waals surface area contributed by atoms with Crippen LogP contribution in [0.4, 0.5) is 0 Å². The first kappa shape index (κ1) is 15.8. The van der Waals surface area contributed by atoms with Gasteiger partial charge >= 0.3 is 0 Å². The minimum absolute atomic E-state index is 0.564. The van der Waals surface area contributed by atoms with Crippen molar-refractivity contribution in [3.05, 3.63) is 34.9 Å². The van der Waals surface area contributed by atoms with Crippen LogP contribution < -0.4 is 5.32 Å². The molecule has 0 bridgehead atoms. The summed E-state index contributed by atoms with van der Waals surface area (Å²) in [5.41, 5.74) is 1.37. The number of nitrogens with one attached hydrogen (secondary N) is 1. The van der Waals surface area contributed by atoms with Gasteiger partial charge in [-0.15, -0.1) is 0 Å². The number of ether oxygens (including phenoxy) is 1. The van der Waals surface area contributed by atoms with E-state index in [-0.39, 0.29) is 0 Å². The molecule has 1 aliphatic rings. The summed E-state index contributed by atoms with van der Waals surface area (Å²) < 4.78 is 5.10. The molecule has 0 aliphatic heterocycles. The van der Waals surface area contributed by atoms with Gasteiger partial charge < -0.3 is 10.1 Å². The Bertz CT molecular complexity index is 390. The fourth-order valence-electron chi connectivity index (χ4n) is 3.20. The lowest BCUT2D eigenvalue weighted by atomic mass is 9.88. The average Bonchev–Trinajstić information content (AvgIpc) is 2.95. The Balaban J connectivity index is 1.94. The third-order valence-electron chi connectivity index (χ3n) is 4.29. The number of methoxy groups -OCH3 is 1. The fraction of sp³-hybridized carbons (Fsp3) is 0.647. The maximum Gasteiger partial charge on any atom is 0.0587 e. The molecule has 0 spiro atoms. The monoisotopic (exact) mass is 295 g/mol. The second kappa shape index (κ2) is 8.66. The van der Waals surface area contributed by atoms with E-state index in [9.17, 15) is 0 Å². The Labute approximate surface area is 127 Å². The van der Waals surface area contributed by atoms with Crippen LogP contribution in [0, 0.1) is 5.92 Å². The van der Waals surface area contributed by atoms with Gasteiger partial charge in [-0.3, -0.25) is 0 Å². The zero-order valence-electron chi connectivity index (χ0n) is 12.4. The summed E-state index contributed by atoms with van der Waals surface area (Å²) in [5.74, 6) is 1.46. The molecule has 1 atom stereocenters. The van der Waals surface area contributed by atoms with Crippen molar-refractivity contribution in [1.29, 1.82) is 0 Å². The largest absolute Gasteiger partial charge is 0.383 e. The van der Waals surface area contributed by atoms with Crippen molar-refractivity contribution in [2.75, 3.05) is 26.8 Å². The lowest BCUT2D eigenvalue weighted by Gasteiger charge is -2.22. The molecule has 1 aromatic rings. The summed E-state index contributed by atoms with van der Waals surface area (Å²) >= 11 is 6.15. The van der Waals surface area contributed by atoms with Gasteiger partial charge in [0.15, 0.2) is 0 Å². The van der Waals surface area contributed by atoms with E-state index in [1.807, 2.05) is 6.07 Å². The molecule has 0 aromatic heterocycles. The average molecular weight is 296 g/mol. The number of hydrogen-bond acceptors (Lipinski definition) is 2. The first-order valence-electron chi connectivity index (χ1n) is 7.74. The number of halogens is 1. The van der Waals surface area contributed by atoms with E-state index < -0.39 is 0 Å². The summed E-state index contributed by atoms with van der Waals surface area (Å²) in [6.07, 6.45) is 6.89. The first-order valence-corrected chi connectivity index (χ1v) is 8.12. The topological polar surface area (TPSA) is 21.3 Å². The van der Waals surface area contributed by atoms with Gasteiger partial charge in [-0.1, -0.05) is 49.4 Å². The molecule has 0 radical (unpaired) electrons. The van der Waals surface area contributed by atoms with E-state index in [1.165, 1.54) is 37.7 Å². The van der Waals surface area contributed by atoms with Crippen LogP contribution >= 0.6 is 11.6 Å². The van der Waals surface area contributed by atoms with E-state index in [2.05, 4.69) is 23.5 Å². The van der Waals surface area contributed by atoms with Crippen molar-refractivity contribution < 1.29 is 4.74 Å². The van der Waals surface area contributed by atoms with Gasteiger partial charge in [0.25, 0.3) is 0 Å². The van der Waals surface area contributed by atoms with Gasteiger partial charge in [-0.05, 0) is 36.0 Å². The molecule has 1 N–H and O–H groups in total. The molecule has 1 aliphatic carbocycles. The van der Waals surface area contributed by atoms with E-state index in [0.29, 0.717) is 5.92 Å². The molecule has 3 heteroatoms. The third-order valence-corrected chi connectivity index (χ3v) is 4.52. The summed E-state index contributed by atoms with van der Waals surface area (Å²) in [6.45, 7) is 2.70. The van der Waals surface area contributed by atoms with Crippen molar-refractivity contribution in [2.24, 2.45) is 5.92 Å². The van der Waals surface area contributed by atoms with Gasteiger partial charge in [-0.2, -0.15) is 0 Å². The SMILES string of the molecule is COCCNCC(CC1CCCC1)c1cccc(Cl)c1. The highest BCUT2D eigenvalue weighted by Gasteiger charge is 2.21. The third kappa shape index (κ3) is 5.08. The molecule has 112 valence electrons. The molecule has 0 amide bonds. The zero-order chi connectivity index (χ0) is 14.2. The molecule has 2 rings (SSSR count). The van der Waals surface area contributed by atoms with E-state index in [0.717, 1.165) is 30.6 Å². The van der Waals surface area contributed by atoms with Gasteiger partial charge in [0.05, 0.1) is 6.61 Å². The molecular weight excluding hydrogens is 270 g/mol. The number of hydrogen-bond donors (Lipinski definition) is 1. The predicted molar refractivity (Wildman–Crippen MR) is 85.5 cm³/mol. The summed E-state index contributed by atoms with van der Waals surface area (Å²) in [6, 6.07) is 8.35. The Morgan fingerprint density at radius 2 is 2.15 bits per heavy atom. The molecule has 1 aromatic carbocycles. The van der Waals surface area contributed by atoms with Gasteiger partial charge in [0.1, 0.15) is 0 Å². The molecule has 0 heterocycles. The van der Waals surface area contributed by atoms with Crippen molar-refractivity contribution in [1.82, 2.24) is 5.32 Å². The van der Waals surface area contributed by atoms with Crippen LogP contribution in [0.2, 0.25) is 5.02 Å². The Kier molecular flexibility index (Phi) is 6.85. The molecule has 1 saturated carbocycles. The molecule has 20 heavy (non-hydrogen) atoms. The lowest BCUT2D eigenvalue weighted by molar-refractivity contribution is 0.198. The smallest absolute Gasteiger partial charge is 0.0587 e. The predicted octanol–water partition coefficient (Wildman–Crippen LogP) is 4.24. The van der Waals surface area contributed by atoms with Gasteiger partial charge in [0.2, 0.25) is 0 Å². The standard InChI is InChI=1S/C17H26ClNO/c1-20-10-9-19-13-16(11-14-5-2-3-6-14)15-7-4-8-17(18)12-15/h4,7-8,12,14,16,19H,2-3,5-6,9-11,13H2,1H3. The van der Waals surface area contributed by atoms with Crippen molar-refractivity contribution >= 4 is 11.6 Å². The second-order valence-electron chi connectivity index (χ2n) is 5.84. The van der Waals surface area contributed by atoms with Crippen LogP contribution in [0.15, 0.2) is 24.3 Å². The van der Waals surface area contributed by atoms with E-state index >= 15 is 0 Å². The highest BCUT2D eigenvalue weighted by atomic mass is 35.5. The lowest BCUT2D eigenvalue weighted by Crippen LogP contribution is -2.26. The van der Waals surface area contributed by atoms with Crippen LogP contribution in [0.1, 0.15) is 43.6 Å². The first-order chi connectivity index (χ1) is 9.79. The van der Waals surface area contributed by atoms with Gasteiger partial charge in [-0.25, -0.2) is 0 Å². The minimum Gasteiger partial charge on any atom is -0.383 e. The molecular formula is C17H26ClNO. The highest BCUT2D eigenvalue weighted by Crippen LogP contribution is 2.34. The summed E-state index contributed by atoms with van der Waals surface area (Å²) in [7, 11) is 1.74. The molecule has 1 fully saturated rings. The Morgan fingerprint density at radius 3 is 2.85 bits per heavy atom. The Morgan fingerprint density at radius 1 is 1.35 bits per heavy atom. The van der Waals surface area contributed by atoms with Crippen LogP contribution in [0.5, 0.6) is 0 Å². The normalized spacial score (nSPS) is 17.5. The van der Waals surface area contributed by atoms with Crippen LogP contribution in [0.3, 0.4) is 0 Å². The maximum atomic E-state index is 6.15. The van der Waals surface area contributed by atoms with Crippen molar-refractivity contribution in [3.8, 4) is 0 Å². The van der Waals surface area contributed by atoms with Crippen molar-refractivity contribution in [2.45, 2.75) is 38.0 Å². The van der Waals surface area contributed by atoms with Gasteiger partial charge in [0, 0.05) is 25.2 Å². The minimum atomic E-state index is 0.564. The zero-order valence-corrected chi connectivity index (χ0v) is 13.2. The van der Waals surface area contributed by atoms with Crippen molar-refractivity contribution in [3.63, 3.8) is 0 Å². The quantitative estimate of drug-likeness (QED) is 0.724. The Hall–Kier alpha value is -0.570. The number of rotatable bonds is 8. The summed E-state index contributed by atoms with van der Waals surface area (Å²) in [4.78, 5) is 0. The van der Waals surface area contributed by atoms with Crippen LogP contribution in [-0.4, -0.2) is 26.8 Å². The molecule has 0 saturated heterocycles. The highest BCUT2D eigenvalue weighted by molar-refractivity contribution is 6.30. The van der Waals surface area contributed by atoms with E-state index in [1.54, 1.807) is 7.11 Å². The maximum absolute atomic E-state index is 6.15. The van der Waals surface area contributed by atoms with E-state index in [4.69, 9.17) is 16.3 Å². The molecule has 1 unspecified atom stereocenters. The van der Waals surface area contributed by atoms with Crippen LogP contribution in [0.25, 0.3) is 0 Å².